The standard InChI is InChI=1S/C16H20N4O2/c1-11-13(19-22-18-11)9-17-15(21)20-10-16(2,3)14(20)12-7-5-4-6-8-12/h4-8,14H,9-10H2,1-3H3,(H,17,21). The van der Waals surface area contributed by atoms with Gasteiger partial charge in [0.2, 0.25) is 0 Å². The van der Waals surface area contributed by atoms with Gasteiger partial charge in [0.25, 0.3) is 0 Å². The van der Waals surface area contributed by atoms with Crippen molar-refractivity contribution in [2.45, 2.75) is 33.4 Å². The molecule has 1 unspecified atom stereocenters. The predicted octanol–water partition coefficient (Wildman–Crippen LogP) is 2.67. The van der Waals surface area contributed by atoms with Crippen molar-refractivity contribution in [3.8, 4) is 0 Å². The monoisotopic (exact) mass is 300 g/mol. The molecule has 3 rings (SSSR count). The topological polar surface area (TPSA) is 71.3 Å². The minimum absolute atomic E-state index is 0.0735. The van der Waals surface area contributed by atoms with Crippen LogP contribution in [0.15, 0.2) is 35.0 Å². The highest BCUT2D eigenvalue weighted by atomic mass is 16.6. The number of carbonyl (C=O) groups is 1. The van der Waals surface area contributed by atoms with E-state index >= 15 is 0 Å². The summed E-state index contributed by atoms with van der Waals surface area (Å²) < 4.78 is 4.64. The fourth-order valence-electron chi connectivity index (χ4n) is 3.05. The number of aromatic nitrogens is 2. The van der Waals surface area contributed by atoms with Gasteiger partial charge in [0, 0.05) is 12.0 Å². The molecule has 22 heavy (non-hydrogen) atoms. The number of nitrogens with one attached hydrogen (secondary N) is 1. The van der Waals surface area contributed by atoms with E-state index in [0.29, 0.717) is 17.9 Å². The lowest BCUT2D eigenvalue weighted by molar-refractivity contribution is -0.0166. The largest absolute Gasteiger partial charge is 0.332 e. The van der Waals surface area contributed by atoms with Gasteiger partial charge in [0.15, 0.2) is 0 Å². The maximum absolute atomic E-state index is 12.4. The molecule has 2 amide bonds. The Morgan fingerprint density at radius 3 is 2.68 bits per heavy atom. The van der Waals surface area contributed by atoms with Crippen molar-refractivity contribution in [3.63, 3.8) is 0 Å². The van der Waals surface area contributed by atoms with Gasteiger partial charge in [-0.2, -0.15) is 0 Å². The third kappa shape index (κ3) is 2.56. The number of nitrogens with zero attached hydrogens (tertiary/aromatic N) is 3. The fourth-order valence-corrected chi connectivity index (χ4v) is 3.05. The summed E-state index contributed by atoms with van der Waals surface area (Å²) in [5, 5.41) is 10.4. The van der Waals surface area contributed by atoms with Gasteiger partial charge in [-0.3, -0.25) is 0 Å². The third-order valence-electron chi connectivity index (χ3n) is 4.16. The first-order chi connectivity index (χ1) is 10.5. The highest BCUT2D eigenvalue weighted by molar-refractivity contribution is 5.76. The lowest BCUT2D eigenvalue weighted by Gasteiger charge is -2.54. The zero-order valence-electron chi connectivity index (χ0n) is 13.0. The molecule has 1 aliphatic rings. The van der Waals surface area contributed by atoms with Gasteiger partial charge in [-0.15, -0.1) is 0 Å². The lowest BCUT2D eigenvalue weighted by Crippen LogP contribution is -2.60. The van der Waals surface area contributed by atoms with Crippen LogP contribution in [0.3, 0.4) is 0 Å². The van der Waals surface area contributed by atoms with Crippen LogP contribution in [-0.2, 0) is 6.54 Å². The van der Waals surface area contributed by atoms with Gasteiger partial charge in [-0.1, -0.05) is 54.5 Å². The van der Waals surface area contributed by atoms with Crippen LogP contribution in [0.2, 0.25) is 0 Å². The zero-order chi connectivity index (χ0) is 15.7. The predicted molar refractivity (Wildman–Crippen MR) is 80.9 cm³/mol. The average Bonchev–Trinajstić information content (AvgIpc) is 2.89. The normalized spacial score (nSPS) is 19.6. The number of aryl methyl sites for hydroxylation is 1. The first kappa shape index (κ1) is 14.6. The van der Waals surface area contributed by atoms with Crippen LogP contribution in [0.4, 0.5) is 4.79 Å². The molecule has 0 spiro atoms. The molecule has 1 saturated heterocycles. The Morgan fingerprint density at radius 2 is 2.09 bits per heavy atom. The molecule has 1 atom stereocenters. The summed E-state index contributed by atoms with van der Waals surface area (Å²) in [5.41, 5.74) is 2.59. The maximum Gasteiger partial charge on any atom is 0.318 e. The van der Waals surface area contributed by atoms with Crippen LogP contribution in [0.5, 0.6) is 0 Å². The highest BCUT2D eigenvalue weighted by Crippen LogP contribution is 2.48. The minimum atomic E-state index is -0.0874. The van der Waals surface area contributed by atoms with Crippen molar-refractivity contribution < 1.29 is 9.42 Å². The van der Waals surface area contributed by atoms with Gasteiger partial charge in [0.1, 0.15) is 11.4 Å². The summed E-state index contributed by atoms with van der Waals surface area (Å²) in [7, 11) is 0. The molecule has 6 nitrogen and oxygen atoms in total. The van der Waals surface area contributed by atoms with Crippen molar-refractivity contribution in [3.05, 3.63) is 47.3 Å². The van der Waals surface area contributed by atoms with Gasteiger partial charge in [-0.25, -0.2) is 9.42 Å². The number of hydrogen-bond acceptors (Lipinski definition) is 4. The second kappa shape index (κ2) is 5.44. The van der Waals surface area contributed by atoms with E-state index in [1.54, 1.807) is 6.92 Å². The number of urea groups is 1. The summed E-state index contributed by atoms with van der Waals surface area (Å²) >= 11 is 0. The molecule has 2 heterocycles. The quantitative estimate of drug-likeness (QED) is 0.946. The molecular formula is C16H20N4O2. The molecule has 1 fully saturated rings. The molecule has 0 saturated carbocycles. The summed E-state index contributed by atoms with van der Waals surface area (Å²) in [6.45, 7) is 7.22. The minimum Gasteiger partial charge on any atom is -0.332 e. The van der Waals surface area contributed by atoms with Crippen molar-refractivity contribution in [2.75, 3.05) is 6.54 Å². The van der Waals surface area contributed by atoms with E-state index in [2.05, 4.69) is 46.2 Å². The van der Waals surface area contributed by atoms with Crippen LogP contribution in [0, 0.1) is 12.3 Å². The van der Waals surface area contributed by atoms with Crippen LogP contribution in [0.25, 0.3) is 0 Å². The molecule has 2 aromatic rings. The number of carbonyl (C=O) groups excluding carboxylic acids is 1. The lowest BCUT2D eigenvalue weighted by atomic mass is 9.72. The van der Waals surface area contributed by atoms with Crippen LogP contribution < -0.4 is 5.32 Å². The van der Waals surface area contributed by atoms with E-state index in [4.69, 9.17) is 0 Å². The third-order valence-corrected chi connectivity index (χ3v) is 4.16. The van der Waals surface area contributed by atoms with Crippen LogP contribution in [0.1, 0.15) is 36.8 Å². The Bertz CT molecular complexity index is 666. The molecule has 1 aliphatic heterocycles. The summed E-state index contributed by atoms with van der Waals surface area (Å²) in [4.78, 5) is 14.3. The van der Waals surface area contributed by atoms with Crippen molar-refractivity contribution in [1.82, 2.24) is 20.5 Å². The number of rotatable bonds is 3. The van der Waals surface area contributed by atoms with Crippen molar-refractivity contribution >= 4 is 6.03 Å². The first-order valence-electron chi connectivity index (χ1n) is 7.36. The number of likely N-dealkylation sites (tertiary alicyclic amines) is 1. The average molecular weight is 300 g/mol. The van der Waals surface area contributed by atoms with E-state index < -0.39 is 0 Å². The fraction of sp³-hybridized carbons (Fsp3) is 0.438. The molecule has 1 aromatic carbocycles. The van der Waals surface area contributed by atoms with E-state index in [1.165, 1.54) is 0 Å². The molecule has 0 bridgehead atoms. The molecule has 6 heteroatoms. The van der Waals surface area contributed by atoms with Crippen LogP contribution >= 0.6 is 0 Å². The van der Waals surface area contributed by atoms with E-state index in [-0.39, 0.29) is 17.5 Å². The van der Waals surface area contributed by atoms with Gasteiger partial charge >= 0.3 is 6.03 Å². The van der Waals surface area contributed by atoms with Crippen molar-refractivity contribution in [2.24, 2.45) is 5.41 Å². The first-order valence-corrected chi connectivity index (χ1v) is 7.36. The Hall–Kier alpha value is -2.37. The molecule has 116 valence electrons. The Kier molecular flexibility index (Phi) is 3.60. The Labute approximate surface area is 129 Å². The molecule has 0 radical (unpaired) electrons. The van der Waals surface area contributed by atoms with Gasteiger partial charge in [0.05, 0.1) is 12.6 Å². The summed E-state index contributed by atoms with van der Waals surface area (Å²) in [6, 6.07) is 10.1. The Morgan fingerprint density at radius 1 is 1.36 bits per heavy atom. The van der Waals surface area contributed by atoms with Gasteiger partial charge < -0.3 is 10.2 Å². The summed E-state index contributed by atoms with van der Waals surface area (Å²) in [5.74, 6) is 0. The Balaban J connectivity index is 1.69. The molecular weight excluding hydrogens is 280 g/mol. The van der Waals surface area contributed by atoms with Gasteiger partial charge in [-0.05, 0) is 12.5 Å². The number of hydrogen-bond donors (Lipinski definition) is 1. The zero-order valence-corrected chi connectivity index (χ0v) is 13.0. The summed E-state index contributed by atoms with van der Waals surface area (Å²) in [6.07, 6.45) is 0. The van der Waals surface area contributed by atoms with Crippen molar-refractivity contribution in [1.29, 1.82) is 0 Å². The highest BCUT2D eigenvalue weighted by Gasteiger charge is 2.48. The van der Waals surface area contributed by atoms with E-state index in [0.717, 1.165) is 12.1 Å². The maximum atomic E-state index is 12.4. The van der Waals surface area contributed by atoms with Crippen LogP contribution in [-0.4, -0.2) is 27.8 Å². The molecule has 1 aromatic heterocycles. The number of amides is 2. The second-order valence-corrected chi connectivity index (χ2v) is 6.38. The SMILES string of the molecule is Cc1nonc1CNC(=O)N1CC(C)(C)C1c1ccccc1. The molecule has 0 aliphatic carbocycles. The van der Waals surface area contributed by atoms with E-state index in [1.807, 2.05) is 23.1 Å². The smallest absolute Gasteiger partial charge is 0.318 e. The number of benzene rings is 1. The second-order valence-electron chi connectivity index (χ2n) is 6.38. The molecule has 1 N–H and O–H groups in total. The van der Waals surface area contributed by atoms with E-state index in [9.17, 15) is 4.79 Å².